The van der Waals surface area contributed by atoms with E-state index in [4.69, 9.17) is 36.3 Å². The summed E-state index contributed by atoms with van der Waals surface area (Å²) in [7, 11) is 1.27. The number of allylic oxidation sites excluding steroid dienone is 2. The van der Waals surface area contributed by atoms with E-state index >= 15 is 0 Å². The third-order valence-electron chi connectivity index (χ3n) is 5.85. The summed E-state index contributed by atoms with van der Waals surface area (Å²) in [4.78, 5) is 25.7. The van der Waals surface area contributed by atoms with Gasteiger partial charge in [-0.1, -0.05) is 23.7 Å². The summed E-state index contributed by atoms with van der Waals surface area (Å²) in [6, 6.07) is 11.1. The van der Waals surface area contributed by atoms with Gasteiger partial charge in [-0.2, -0.15) is 0 Å². The van der Waals surface area contributed by atoms with Crippen LogP contribution in [-0.2, 0) is 25.7 Å². The first-order valence-electron chi connectivity index (χ1n) is 11.2. The molecule has 7 nitrogen and oxygen atoms in total. The maximum absolute atomic E-state index is 13.0. The third-order valence-corrected chi connectivity index (χ3v) is 6.90. The highest BCUT2D eigenvalue weighted by atomic mass is 127. The molecule has 0 fully saturated rings. The summed E-state index contributed by atoms with van der Waals surface area (Å²) in [5.41, 5.74) is 8.34. The largest absolute Gasteiger partial charge is 0.490 e. The van der Waals surface area contributed by atoms with E-state index < -0.39 is 11.9 Å². The summed E-state index contributed by atoms with van der Waals surface area (Å²) in [6.07, 6.45) is 1.62. The van der Waals surface area contributed by atoms with E-state index in [0.717, 1.165) is 9.13 Å². The highest BCUT2D eigenvalue weighted by molar-refractivity contribution is 14.1. The van der Waals surface area contributed by atoms with Crippen LogP contribution in [0.3, 0.4) is 0 Å². The molecule has 0 unspecified atom stereocenters. The zero-order chi connectivity index (χ0) is 25.1. The quantitative estimate of drug-likeness (QED) is 0.332. The van der Waals surface area contributed by atoms with Crippen LogP contribution in [0.2, 0.25) is 5.02 Å². The second-order valence-electron chi connectivity index (χ2n) is 8.10. The van der Waals surface area contributed by atoms with Gasteiger partial charge >= 0.3 is 5.97 Å². The molecule has 1 atom stereocenters. The summed E-state index contributed by atoms with van der Waals surface area (Å²) < 4.78 is 23.5. The lowest BCUT2D eigenvalue weighted by Crippen LogP contribution is -2.31. The number of esters is 1. The summed E-state index contributed by atoms with van der Waals surface area (Å²) >= 11 is 8.15. The van der Waals surface area contributed by atoms with Crippen molar-refractivity contribution in [2.24, 2.45) is 5.73 Å². The van der Waals surface area contributed by atoms with Crippen LogP contribution in [-0.4, -0.2) is 25.5 Å². The number of methoxy groups -OCH3 is 1. The van der Waals surface area contributed by atoms with Gasteiger partial charge in [-0.15, -0.1) is 0 Å². The standard InChI is InChI=1S/C26H25ClINO6/c1-3-33-20-12-15(11-17(28)24(20)34-13-14-7-9-16(27)10-8-14)21-22-18(30)5-4-6-19(22)35-25(29)23(21)26(31)32-2/h7-12,21H,3-6,13,29H2,1-2H3/t21-/m0/s1. The molecular formula is C26H25ClINO6. The van der Waals surface area contributed by atoms with E-state index in [1.165, 1.54) is 7.11 Å². The van der Waals surface area contributed by atoms with Crippen molar-refractivity contribution in [1.82, 2.24) is 0 Å². The average molecular weight is 610 g/mol. The van der Waals surface area contributed by atoms with Gasteiger partial charge in [-0.05, 0) is 71.3 Å². The summed E-state index contributed by atoms with van der Waals surface area (Å²) in [6.45, 7) is 2.59. The molecule has 9 heteroatoms. The predicted molar refractivity (Wildman–Crippen MR) is 139 cm³/mol. The lowest BCUT2D eigenvalue weighted by molar-refractivity contribution is -0.136. The van der Waals surface area contributed by atoms with E-state index in [1.807, 2.05) is 25.1 Å². The number of nitrogens with two attached hydrogens (primary N) is 1. The second-order valence-corrected chi connectivity index (χ2v) is 9.69. The van der Waals surface area contributed by atoms with Crippen LogP contribution in [0.15, 0.2) is 59.2 Å². The Balaban J connectivity index is 1.78. The Morgan fingerprint density at radius 1 is 1.20 bits per heavy atom. The first-order chi connectivity index (χ1) is 16.8. The average Bonchev–Trinajstić information content (AvgIpc) is 2.83. The highest BCUT2D eigenvalue weighted by Gasteiger charge is 2.41. The van der Waals surface area contributed by atoms with Crippen molar-refractivity contribution >= 4 is 45.9 Å². The molecule has 2 N–H and O–H groups in total. The molecule has 0 bridgehead atoms. The van der Waals surface area contributed by atoms with Gasteiger partial charge in [0.05, 0.1) is 23.2 Å². The number of carbonyl (C=O) groups excluding carboxylic acids is 2. The number of carbonyl (C=O) groups is 2. The van der Waals surface area contributed by atoms with Crippen molar-refractivity contribution in [3.05, 3.63) is 78.9 Å². The normalized spacial score (nSPS) is 17.6. The molecule has 0 amide bonds. The van der Waals surface area contributed by atoms with Crippen LogP contribution in [0.1, 0.15) is 43.2 Å². The fourth-order valence-electron chi connectivity index (χ4n) is 4.29. The van der Waals surface area contributed by atoms with Crippen molar-refractivity contribution in [3.8, 4) is 11.5 Å². The highest BCUT2D eigenvalue weighted by Crippen LogP contribution is 2.46. The van der Waals surface area contributed by atoms with Crippen molar-refractivity contribution < 1.29 is 28.5 Å². The van der Waals surface area contributed by atoms with Crippen LogP contribution < -0.4 is 15.2 Å². The second kappa shape index (κ2) is 10.9. The number of rotatable bonds is 7. The SMILES string of the molecule is CCOc1cc([C@@H]2C(C(=O)OC)=C(N)OC3=C2C(=O)CCC3)cc(I)c1OCc1ccc(Cl)cc1. The number of ether oxygens (including phenoxy) is 4. The minimum atomic E-state index is -0.725. The molecule has 1 heterocycles. The van der Waals surface area contributed by atoms with E-state index in [9.17, 15) is 9.59 Å². The smallest absolute Gasteiger partial charge is 0.340 e. The number of hydrogen-bond acceptors (Lipinski definition) is 7. The van der Waals surface area contributed by atoms with Gasteiger partial charge in [0.15, 0.2) is 17.3 Å². The number of hydrogen-bond donors (Lipinski definition) is 1. The summed E-state index contributed by atoms with van der Waals surface area (Å²) in [5, 5.41) is 0.652. The lowest BCUT2D eigenvalue weighted by atomic mass is 9.77. The van der Waals surface area contributed by atoms with E-state index in [0.29, 0.717) is 65.9 Å². The number of ketones is 1. The Bertz CT molecular complexity index is 1220. The minimum Gasteiger partial charge on any atom is -0.490 e. The molecule has 0 aromatic heterocycles. The molecule has 2 aliphatic rings. The van der Waals surface area contributed by atoms with Crippen molar-refractivity contribution in [2.75, 3.05) is 13.7 Å². The molecule has 0 saturated carbocycles. The van der Waals surface area contributed by atoms with Crippen LogP contribution in [0.4, 0.5) is 0 Å². The third kappa shape index (κ3) is 5.28. The van der Waals surface area contributed by atoms with Gasteiger partial charge in [0.2, 0.25) is 5.88 Å². The van der Waals surface area contributed by atoms with Crippen LogP contribution in [0.5, 0.6) is 11.5 Å². The van der Waals surface area contributed by atoms with Gasteiger partial charge in [-0.25, -0.2) is 4.79 Å². The Hall–Kier alpha value is -2.72. The van der Waals surface area contributed by atoms with Crippen LogP contribution in [0, 0.1) is 3.57 Å². The van der Waals surface area contributed by atoms with Gasteiger partial charge in [0, 0.05) is 23.4 Å². The fraction of sp³-hybridized carbons (Fsp3) is 0.308. The Kier molecular flexibility index (Phi) is 7.91. The van der Waals surface area contributed by atoms with Gasteiger partial charge in [0.1, 0.15) is 17.9 Å². The zero-order valence-corrected chi connectivity index (χ0v) is 22.3. The van der Waals surface area contributed by atoms with E-state index in [-0.39, 0.29) is 17.2 Å². The molecule has 0 saturated heterocycles. The first-order valence-corrected chi connectivity index (χ1v) is 12.6. The Morgan fingerprint density at radius 3 is 2.63 bits per heavy atom. The predicted octanol–water partition coefficient (Wildman–Crippen LogP) is 5.39. The Labute approximate surface area is 222 Å². The number of halogens is 2. The van der Waals surface area contributed by atoms with Crippen molar-refractivity contribution in [3.63, 3.8) is 0 Å². The van der Waals surface area contributed by atoms with Crippen LogP contribution in [0.25, 0.3) is 0 Å². The van der Waals surface area contributed by atoms with Crippen LogP contribution >= 0.6 is 34.2 Å². The van der Waals surface area contributed by atoms with Crippen molar-refractivity contribution in [2.45, 2.75) is 38.7 Å². The summed E-state index contributed by atoms with van der Waals surface area (Å²) in [5.74, 6) is 0.0902. The number of benzene rings is 2. The molecular weight excluding hydrogens is 585 g/mol. The van der Waals surface area contributed by atoms with Gasteiger partial charge < -0.3 is 24.7 Å². The topological polar surface area (TPSA) is 97.1 Å². The van der Waals surface area contributed by atoms with Crippen molar-refractivity contribution in [1.29, 1.82) is 0 Å². The molecule has 4 rings (SSSR count). The molecule has 0 spiro atoms. The van der Waals surface area contributed by atoms with E-state index in [1.54, 1.807) is 18.2 Å². The van der Waals surface area contributed by atoms with Gasteiger partial charge in [-0.3, -0.25) is 4.79 Å². The fourth-order valence-corrected chi connectivity index (χ4v) is 5.20. The monoisotopic (exact) mass is 609 g/mol. The maximum Gasteiger partial charge on any atom is 0.340 e. The molecule has 2 aromatic carbocycles. The molecule has 184 valence electrons. The zero-order valence-electron chi connectivity index (χ0n) is 19.4. The Morgan fingerprint density at radius 2 is 1.94 bits per heavy atom. The minimum absolute atomic E-state index is 0.0497. The molecule has 2 aromatic rings. The molecule has 0 radical (unpaired) electrons. The van der Waals surface area contributed by atoms with Gasteiger partial charge in [0.25, 0.3) is 0 Å². The number of Topliss-reactive ketones (excluding diaryl/α,β-unsaturated/α-hetero) is 1. The lowest BCUT2D eigenvalue weighted by Gasteiger charge is -2.32. The molecule has 35 heavy (non-hydrogen) atoms. The maximum atomic E-state index is 13.0. The molecule has 1 aliphatic heterocycles. The van der Waals surface area contributed by atoms with E-state index in [2.05, 4.69) is 22.6 Å². The molecule has 1 aliphatic carbocycles. The first kappa shape index (κ1) is 25.4.